The molecule has 1 atom stereocenters. The molecule has 2 heterocycles. The topological polar surface area (TPSA) is 76.3 Å². The van der Waals surface area contributed by atoms with Crippen molar-refractivity contribution >= 4 is 22.4 Å². The summed E-state index contributed by atoms with van der Waals surface area (Å²) < 4.78 is 26.4. The molecule has 1 fully saturated rings. The summed E-state index contributed by atoms with van der Waals surface area (Å²) in [5.74, 6) is 0. The van der Waals surface area contributed by atoms with Crippen molar-refractivity contribution in [2.75, 3.05) is 13.1 Å². The van der Waals surface area contributed by atoms with Crippen LogP contribution in [0.5, 0.6) is 0 Å². The highest BCUT2D eigenvalue weighted by Gasteiger charge is 2.38. The van der Waals surface area contributed by atoms with Crippen molar-refractivity contribution in [3.05, 3.63) is 24.5 Å². The minimum atomic E-state index is -3.44. The number of hydrogen-bond donors (Lipinski definition) is 1. The molecular formula is C12H20ClN3O2S. The van der Waals surface area contributed by atoms with E-state index in [1.54, 1.807) is 18.3 Å². The Bertz CT molecular complexity index is 519. The van der Waals surface area contributed by atoms with Gasteiger partial charge in [-0.15, -0.1) is 12.4 Å². The fourth-order valence-electron chi connectivity index (χ4n) is 2.18. The number of pyridine rings is 1. The molecular weight excluding hydrogens is 286 g/mol. The lowest BCUT2D eigenvalue weighted by molar-refractivity contribution is 0.155. The van der Waals surface area contributed by atoms with Gasteiger partial charge >= 0.3 is 0 Å². The van der Waals surface area contributed by atoms with Crippen molar-refractivity contribution in [3.8, 4) is 0 Å². The van der Waals surface area contributed by atoms with Crippen molar-refractivity contribution in [1.82, 2.24) is 9.29 Å². The number of rotatable bonds is 2. The van der Waals surface area contributed by atoms with Crippen LogP contribution < -0.4 is 5.73 Å². The van der Waals surface area contributed by atoms with Crippen molar-refractivity contribution in [3.63, 3.8) is 0 Å². The summed E-state index contributed by atoms with van der Waals surface area (Å²) in [5, 5.41) is 0. The molecule has 0 spiro atoms. The molecule has 1 unspecified atom stereocenters. The Morgan fingerprint density at radius 2 is 2.16 bits per heavy atom. The summed E-state index contributed by atoms with van der Waals surface area (Å²) in [6.07, 6.45) is 3.64. The van der Waals surface area contributed by atoms with Gasteiger partial charge in [-0.25, -0.2) is 8.42 Å². The first kappa shape index (κ1) is 16.4. The fraction of sp³-hybridized carbons (Fsp3) is 0.583. The van der Waals surface area contributed by atoms with Crippen LogP contribution in [0.25, 0.3) is 0 Å². The quantitative estimate of drug-likeness (QED) is 0.892. The third kappa shape index (κ3) is 3.25. The van der Waals surface area contributed by atoms with Gasteiger partial charge in [0.15, 0.2) is 0 Å². The van der Waals surface area contributed by atoms with Crippen molar-refractivity contribution < 1.29 is 8.42 Å². The van der Waals surface area contributed by atoms with Gasteiger partial charge in [0, 0.05) is 31.5 Å². The second kappa shape index (κ2) is 5.75. The molecule has 1 aliphatic heterocycles. The Morgan fingerprint density at radius 3 is 2.68 bits per heavy atom. The normalized spacial score (nSPS) is 23.6. The second-order valence-corrected chi connectivity index (χ2v) is 7.35. The van der Waals surface area contributed by atoms with Crippen molar-refractivity contribution in [2.24, 2.45) is 11.1 Å². The fourth-order valence-corrected chi connectivity index (χ4v) is 3.77. The average molecular weight is 306 g/mol. The van der Waals surface area contributed by atoms with E-state index >= 15 is 0 Å². The molecule has 0 bridgehead atoms. The molecule has 5 nitrogen and oxygen atoms in total. The van der Waals surface area contributed by atoms with Crippen molar-refractivity contribution in [2.45, 2.75) is 31.2 Å². The van der Waals surface area contributed by atoms with Crippen LogP contribution in [0.15, 0.2) is 29.4 Å². The Balaban J connectivity index is 0.00000180. The summed E-state index contributed by atoms with van der Waals surface area (Å²) in [6.45, 7) is 4.93. The first-order valence-electron chi connectivity index (χ1n) is 6.00. The summed E-state index contributed by atoms with van der Waals surface area (Å²) in [6, 6.07) is 3.25. The van der Waals surface area contributed by atoms with E-state index in [0.717, 1.165) is 0 Å². The monoisotopic (exact) mass is 305 g/mol. The number of hydrogen-bond acceptors (Lipinski definition) is 4. The third-order valence-electron chi connectivity index (χ3n) is 3.55. The Labute approximate surface area is 120 Å². The average Bonchev–Trinajstić information content (AvgIpc) is 2.33. The SMILES string of the molecule is CC1(C)CN(S(=O)(=O)c2cccnc2)CCC1N.Cl. The Morgan fingerprint density at radius 1 is 1.47 bits per heavy atom. The van der Waals surface area contributed by atoms with E-state index in [0.29, 0.717) is 19.5 Å². The molecule has 19 heavy (non-hydrogen) atoms. The van der Waals surface area contributed by atoms with Gasteiger partial charge in [0.2, 0.25) is 10.0 Å². The lowest BCUT2D eigenvalue weighted by Crippen LogP contribution is -2.53. The Hall–Kier alpha value is -0.690. The molecule has 1 aromatic heterocycles. The molecule has 0 aliphatic carbocycles. The lowest BCUT2D eigenvalue weighted by Gasteiger charge is -2.41. The van der Waals surface area contributed by atoms with Crippen LogP contribution in [-0.4, -0.2) is 36.8 Å². The third-order valence-corrected chi connectivity index (χ3v) is 5.38. The predicted molar refractivity (Wildman–Crippen MR) is 76.6 cm³/mol. The maximum atomic E-state index is 12.4. The summed E-state index contributed by atoms with van der Waals surface area (Å²) in [4.78, 5) is 4.11. The molecule has 2 rings (SSSR count). The van der Waals surface area contributed by atoms with E-state index < -0.39 is 10.0 Å². The maximum absolute atomic E-state index is 12.4. The van der Waals surface area contributed by atoms with E-state index in [1.165, 1.54) is 10.5 Å². The van der Waals surface area contributed by atoms with Gasteiger partial charge in [-0.2, -0.15) is 4.31 Å². The lowest BCUT2D eigenvalue weighted by atomic mass is 9.81. The largest absolute Gasteiger partial charge is 0.327 e. The summed E-state index contributed by atoms with van der Waals surface area (Å²) >= 11 is 0. The van der Waals surface area contributed by atoms with Crippen LogP contribution in [-0.2, 0) is 10.0 Å². The molecule has 0 radical (unpaired) electrons. The maximum Gasteiger partial charge on any atom is 0.244 e. The van der Waals surface area contributed by atoms with E-state index in [2.05, 4.69) is 4.98 Å². The molecule has 0 amide bonds. The number of sulfonamides is 1. The zero-order valence-electron chi connectivity index (χ0n) is 11.1. The molecule has 1 saturated heterocycles. The van der Waals surface area contributed by atoms with Gasteiger partial charge in [0.05, 0.1) is 0 Å². The highest BCUT2D eigenvalue weighted by Crippen LogP contribution is 2.30. The standard InChI is InChI=1S/C12H19N3O2S.ClH/c1-12(2)9-15(7-5-11(12)13)18(16,17)10-4-3-6-14-8-10;/h3-4,6,8,11H,5,7,9,13H2,1-2H3;1H. The van der Waals surface area contributed by atoms with E-state index in [9.17, 15) is 8.42 Å². The van der Waals surface area contributed by atoms with Crippen LogP contribution in [0.2, 0.25) is 0 Å². The number of nitrogens with two attached hydrogens (primary N) is 1. The smallest absolute Gasteiger partial charge is 0.244 e. The number of halogens is 1. The minimum Gasteiger partial charge on any atom is -0.327 e. The molecule has 2 N–H and O–H groups in total. The zero-order valence-corrected chi connectivity index (χ0v) is 12.7. The molecule has 0 aromatic carbocycles. The van der Waals surface area contributed by atoms with Crippen LogP contribution in [0, 0.1) is 5.41 Å². The molecule has 1 aromatic rings. The van der Waals surface area contributed by atoms with Gasteiger partial charge in [-0.1, -0.05) is 13.8 Å². The summed E-state index contributed by atoms with van der Waals surface area (Å²) in [7, 11) is -3.44. The van der Waals surface area contributed by atoms with E-state index in [1.807, 2.05) is 13.8 Å². The minimum absolute atomic E-state index is 0. The van der Waals surface area contributed by atoms with Gasteiger partial charge in [0.1, 0.15) is 4.90 Å². The Kier molecular flexibility index (Phi) is 4.95. The first-order chi connectivity index (χ1) is 8.34. The van der Waals surface area contributed by atoms with Gasteiger partial charge < -0.3 is 5.73 Å². The highest BCUT2D eigenvalue weighted by molar-refractivity contribution is 7.89. The highest BCUT2D eigenvalue weighted by atomic mass is 35.5. The second-order valence-electron chi connectivity index (χ2n) is 5.41. The molecule has 1 aliphatic rings. The zero-order chi connectivity index (χ0) is 13.4. The molecule has 0 saturated carbocycles. The number of aromatic nitrogens is 1. The van der Waals surface area contributed by atoms with E-state index in [4.69, 9.17) is 5.73 Å². The van der Waals surface area contributed by atoms with Crippen LogP contribution >= 0.6 is 12.4 Å². The van der Waals surface area contributed by atoms with Crippen LogP contribution in [0.1, 0.15) is 20.3 Å². The van der Waals surface area contributed by atoms with Crippen molar-refractivity contribution in [1.29, 1.82) is 0 Å². The van der Waals surface area contributed by atoms with Gasteiger partial charge in [0.25, 0.3) is 0 Å². The van der Waals surface area contributed by atoms with Crippen LogP contribution in [0.4, 0.5) is 0 Å². The van der Waals surface area contributed by atoms with Gasteiger partial charge in [-0.05, 0) is 24.0 Å². The van der Waals surface area contributed by atoms with E-state index in [-0.39, 0.29) is 28.8 Å². The molecule has 7 heteroatoms. The first-order valence-corrected chi connectivity index (χ1v) is 7.44. The summed E-state index contributed by atoms with van der Waals surface area (Å²) in [5.41, 5.74) is 5.82. The number of nitrogens with zero attached hydrogens (tertiary/aromatic N) is 2. The number of piperidine rings is 1. The van der Waals surface area contributed by atoms with Crippen LogP contribution in [0.3, 0.4) is 0 Å². The van der Waals surface area contributed by atoms with Gasteiger partial charge in [-0.3, -0.25) is 4.98 Å². The molecule has 108 valence electrons. The predicted octanol–water partition coefficient (Wildman–Crippen LogP) is 1.25.